The van der Waals surface area contributed by atoms with Crippen LogP contribution < -0.4 is 10.6 Å². The first kappa shape index (κ1) is 16.6. The number of hydrogen-bond donors (Lipinski definition) is 2. The Hall–Kier alpha value is -2.23. The van der Waals surface area contributed by atoms with Crippen LogP contribution in [0.1, 0.15) is 31.1 Å². The third kappa shape index (κ3) is 4.88. The summed E-state index contributed by atoms with van der Waals surface area (Å²) in [5.41, 5.74) is 1.78. The Balaban J connectivity index is 1.51. The fraction of sp³-hybridized carbons (Fsp3) is 0.450. The number of benzene rings is 1. The Bertz CT molecular complexity index is 630. The Morgan fingerprint density at radius 3 is 2.62 bits per heavy atom. The predicted molar refractivity (Wildman–Crippen MR) is 98.2 cm³/mol. The molecule has 0 atom stereocenters. The molecule has 128 valence electrons. The zero-order chi connectivity index (χ0) is 16.7. The summed E-state index contributed by atoms with van der Waals surface area (Å²) in [6.45, 7) is 4.68. The second-order valence-electron chi connectivity index (χ2n) is 6.61. The Morgan fingerprint density at radius 2 is 1.96 bits per heavy atom. The van der Waals surface area contributed by atoms with Crippen molar-refractivity contribution in [3.05, 3.63) is 60.1 Å². The van der Waals surface area contributed by atoms with Crippen molar-refractivity contribution in [1.82, 2.24) is 10.6 Å². The van der Waals surface area contributed by atoms with E-state index in [0.29, 0.717) is 5.41 Å². The van der Waals surface area contributed by atoms with Gasteiger partial charge in [0.1, 0.15) is 5.76 Å². The van der Waals surface area contributed by atoms with Crippen LogP contribution in [0.2, 0.25) is 0 Å². The molecule has 0 radical (unpaired) electrons. The molecule has 1 aromatic carbocycles. The van der Waals surface area contributed by atoms with Gasteiger partial charge >= 0.3 is 0 Å². The number of hydrogen-bond acceptors (Lipinski definition) is 2. The monoisotopic (exact) mass is 325 g/mol. The fourth-order valence-electron chi connectivity index (χ4n) is 2.94. The molecule has 3 rings (SSSR count). The van der Waals surface area contributed by atoms with Crippen LogP contribution in [0.4, 0.5) is 0 Å². The van der Waals surface area contributed by atoms with Gasteiger partial charge in [-0.15, -0.1) is 0 Å². The first-order chi connectivity index (χ1) is 11.8. The molecule has 0 aliphatic heterocycles. The lowest BCUT2D eigenvalue weighted by atomic mass is 9.97. The van der Waals surface area contributed by atoms with Crippen LogP contribution in [-0.4, -0.2) is 25.6 Å². The summed E-state index contributed by atoms with van der Waals surface area (Å²) in [5.74, 6) is 1.91. The standard InChI is InChI=1S/C20H27N3O/c1-2-21-19(22-13-10-18-9-6-14-24-18)23-16-20(11-12-20)15-17-7-4-3-5-8-17/h3-9,14H,2,10-13,15-16H2,1H3,(H2,21,22,23). The van der Waals surface area contributed by atoms with E-state index < -0.39 is 0 Å². The Kier molecular flexibility index (Phi) is 5.57. The van der Waals surface area contributed by atoms with E-state index in [-0.39, 0.29) is 0 Å². The van der Waals surface area contributed by atoms with Crippen molar-refractivity contribution in [3.63, 3.8) is 0 Å². The topological polar surface area (TPSA) is 49.6 Å². The third-order valence-electron chi connectivity index (χ3n) is 4.54. The van der Waals surface area contributed by atoms with Gasteiger partial charge in [-0.25, -0.2) is 0 Å². The second kappa shape index (κ2) is 8.04. The summed E-state index contributed by atoms with van der Waals surface area (Å²) in [6, 6.07) is 14.7. The smallest absolute Gasteiger partial charge is 0.191 e. The van der Waals surface area contributed by atoms with Gasteiger partial charge in [-0.3, -0.25) is 4.99 Å². The summed E-state index contributed by atoms with van der Waals surface area (Å²) in [7, 11) is 0. The summed E-state index contributed by atoms with van der Waals surface area (Å²) in [5, 5.41) is 6.74. The van der Waals surface area contributed by atoms with Crippen LogP contribution in [0.25, 0.3) is 0 Å². The Morgan fingerprint density at radius 1 is 1.12 bits per heavy atom. The maximum absolute atomic E-state index is 5.37. The quantitative estimate of drug-likeness (QED) is 0.578. The van der Waals surface area contributed by atoms with Gasteiger partial charge in [0.15, 0.2) is 5.96 Å². The molecule has 0 saturated heterocycles. The van der Waals surface area contributed by atoms with Gasteiger partial charge < -0.3 is 15.1 Å². The molecule has 0 bridgehead atoms. The highest BCUT2D eigenvalue weighted by molar-refractivity contribution is 5.79. The molecule has 1 fully saturated rings. The molecule has 24 heavy (non-hydrogen) atoms. The minimum absolute atomic E-state index is 0.366. The summed E-state index contributed by atoms with van der Waals surface area (Å²) in [6.07, 6.45) is 6.26. The van der Waals surface area contributed by atoms with Gasteiger partial charge in [0.2, 0.25) is 0 Å². The fourth-order valence-corrected chi connectivity index (χ4v) is 2.94. The number of nitrogens with zero attached hydrogens (tertiary/aromatic N) is 1. The number of nitrogens with one attached hydrogen (secondary N) is 2. The lowest BCUT2D eigenvalue weighted by Crippen LogP contribution is -2.38. The Labute approximate surface area is 144 Å². The molecule has 0 amide bonds. The van der Waals surface area contributed by atoms with Gasteiger partial charge in [-0.1, -0.05) is 30.3 Å². The number of aliphatic imine (C=N–C) groups is 1. The van der Waals surface area contributed by atoms with Crippen LogP contribution in [0.3, 0.4) is 0 Å². The van der Waals surface area contributed by atoms with Crippen molar-refractivity contribution in [2.24, 2.45) is 10.4 Å². The maximum atomic E-state index is 5.37. The van der Waals surface area contributed by atoms with Crippen LogP contribution in [0, 0.1) is 5.41 Å². The van der Waals surface area contributed by atoms with Gasteiger partial charge in [-0.05, 0) is 49.3 Å². The molecule has 1 heterocycles. The minimum Gasteiger partial charge on any atom is -0.469 e. The van der Waals surface area contributed by atoms with Crippen LogP contribution in [0.15, 0.2) is 58.1 Å². The molecule has 2 N–H and O–H groups in total. The molecule has 2 aromatic rings. The van der Waals surface area contributed by atoms with E-state index in [2.05, 4.69) is 47.9 Å². The van der Waals surface area contributed by atoms with Gasteiger partial charge in [-0.2, -0.15) is 0 Å². The van der Waals surface area contributed by atoms with Crippen LogP contribution in [0.5, 0.6) is 0 Å². The van der Waals surface area contributed by atoms with Crippen LogP contribution in [-0.2, 0) is 12.8 Å². The zero-order valence-corrected chi connectivity index (χ0v) is 14.4. The number of rotatable bonds is 8. The van der Waals surface area contributed by atoms with Crippen molar-refractivity contribution in [2.45, 2.75) is 32.6 Å². The third-order valence-corrected chi connectivity index (χ3v) is 4.54. The highest BCUT2D eigenvalue weighted by Crippen LogP contribution is 2.48. The van der Waals surface area contributed by atoms with E-state index in [1.165, 1.54) is 18.4 Å². The van der Waals surface area contributed by atoms with Crippen molar-refractivity contribution in [2.75, 3.05) is 19.6 Å². The molecule has 1 aliphatic rings. The largest absolute Gasteiger partial charge is 0.469 e. The van der Waals surface area contributed by atoms with Gasteiger partial charge in [0.25, 0.3) is 0 Å². The lowest BCUT2D eigenvalue weighted by molar-refractivity contribution is 0.505. The van der Waals surface area contributed by atoms with E-state index in [1.807, 2.05) is 12.1 Å². The second-order valence-corrected chi connectivity index (χ2v) is 6.61. The molecule has 1 saturated carbocycles. The van der Waals surface area contributed by atoms with Gasteiger partial charge in [0.05, 0.1) is 6.26 Å². The normalized spacial score (nSPS) is 16.0. The van der Waals surface area contributed by atoms with E-state index in [0.717, 1.165) is 44.2 Å². The van der Waals surface area contributed by atoms with E-state index in [1.54, 1.807) is 6.26 Å². The summed E-state index contributed by atoms with van der Waals surface area (Å²) >= 11 is 0. The first-order valence-electron chi connectivity index (χ1n) is 8.88. The highest BCUT2D eigenvalue weighted by Gasteiger charge is 2.42. The molecule has 4 nitrogen and oxygen atoms in total. The zero-order valence-electron chi connectivity index (χ0n) is 14.4. The molecule has 1 aliphatic carbocycles. The molecule has 0 spiro atoms. The summed E-state index contributed by atoms with van der Waals surface area (Å²) < 4.78 is 5.37. The van der Waals surface area contributed by atoms with Crippen molar-refractivity contribution < 1.29 is 4.42 Å². The molecule has 4 heteroatoms. The van der Waals surface area contributed by atoms with E-state index >= 15 is 0 Å². The van der Waals surface area contributed by atoms with Crippen molar-refractivity contribution in [3.8, 4) is 0 Å². The van der Waals surface area contributed by atoms with Crippen molar-refractivity contribution in [1.29, 1.82) is 0 Å². The van der Waals surface area contributed by atoms with E-state index in [4.69, 9.17) is 9.41 Å². The molecular formula is C20H27N3O. The number of furan rings is 1. The summed E-state index contributed by atoms with van der Waals surface area (Å²) in [4.78, 5) is 4.83. The average Bonchev–Trinajstić information content (AvgIpc) is 3.16. The molecule has 1 aromatic heterocycles. The van der Waals surface area contributed by atoms with Crippen LogP contribution >= 0.6 is 0 Å². The van der Waals surface area contributed by atoms with Gasteiger partial charge in [0, 0.05) is 26.1 Å². The average molecular weight is 325 g/mol. The number of guanidine groups is 1. The van der Waals surface area contributed by atoms with E-state index in [9.17, 15) is 0 Å². The highest BCUT2D eigenvalue weighted by atomic mass is 16.3. The molecular weight excluding hydrogens is 298 g/mol. The van der Waals surface area contributed by atoms with Crippen molar-refractivity contribution >= 4 is 5.96 Å². The minimum atomic E-state index is 0.366. The molecule has 0 unspecified atom stereocenters. The SMILES string of the molecule is CCNC(=NCC1(Cc2ccccc2)CC1)NCCc1ccco1. The first-order valence-corrected chi connectivity index (χ1v) is 8.88. The lowest BCUT2D eigenvalue weighted by Gasteiger charge is -2.15. The maximum Gasteiger partial charge on any atom is 0.191 e. The predicted octanol–water partition coefficient (Wildman–Crippen LogP) is 3.40.